The molecule has 5 heteroatoms. The van der Waals surface area contributed by atoms with Crippen molar-refractivity contribution in [1.82, 2.24) is 4.90 Å². The Morgan fingerprint density at radius 1 is 1.11 bits per heavy atom. The maximum atomic E-state index is 13.8. The van der Waals surface area contributed by atoms with Crippen LogP contribution in [0.3, 0.4) is 0 Å². The average molecular weight is 423 g/mol. The van der Waals surface area contributed by atoms with Gasteiger partial charge in [0.05, 0.1) is 0 Å². The number of cyclic esters (lactones) is 1. The molecule has 28 heavy (non-hydrogen) atoms. The Morgan fingerprint density at radius 3 is 2.00 bits per heavy atom. The fourth-order valence-corrected chi connectivity index (χ4v) is 93.7. The molecule has 11 heterocycles. The first-order chi connectivity index (χ1) is 12.9. The van der Waals surface area contributed by atoms with Crippen molar-refractivity contribution in [2.45, 2.75) is 100 Å². The average Bonchev–Trinajstić information content (AvgIpc) is 3.54. The van der Waals surface area contributed by atoms with Gasteiger partial charge in [-0.2, -0.15) is 0 Å². The van der Waals surface area contributed by atoms with Gasteiger partial charge < -0.3 is 0 Å². The number of nitrogens with zero attached hydrogens (tertiary/aromatic N) is 1. The summed E-state index contributed by atoms with van der Waals surface area (Å²) in [7, 11) is 0. The van der Waals surface area contributed by atoms with Crippen LogP contribution >= 0.6 is 0 Å². The number of amides is 1. The van der Waals surface area contributed by atoms with Crippen LogP contribution in [-0.4, -0.2) is 28.5 Å². The zero-order chi connectivity index (χ0) is 19.2. The van der Waals surface area contributed by atoms with Gasteiger partial charge in [-0.15, -0.1) is 0 Å². The van der Waals surface area contributed by atoms with Crippen LogP contribution in [0.15, 0.2) is 12.2 Å². The molecule has 1 amide bonds. The number of hydrogen-bond donors (Lipinski definition) is 0. The van der Waals surface area contributed by atoms with Gasteiger partial charge in [-0.05, 0) is 0 Å². The number of rotatable bonds is 3. The van der Waals surface area contributed by atoms with E-state index in [0.717, 1.165) is 9.63 Å². The third-order valence-electron chi connectivity index (χ3n) is 18.2. The van der Waals surface area contributed by atoms with E-state index in [9.17, 15) is 9.59 Å². The summed E-state index contributed by atoms with van der Waals surface area (Å²) in [5.41, 5.74) is -1.32. The number of carbonyl (C=O) groups is 2. The SMILES string of the molecule is CC=CC[C@]1(C)C(=O)O[C@@H]([C]23[CH]4[CH]5[CH]6[CH]2[Fe]56432789[CH]3[CH]2[CH]7[CH]8[CH]39)N1C(=O)C(C)(C)C. The molecular weight excluding hydrogens is 394 g/mol. The van der Waals surface area contributed by atoms with E-state index in [-0.39, 0.29) is 18.1 Å². The number of esters is 1. The molecule has 0 saturated carbocycles. The first-order valence-electron chi connectivity index (χ1n) is 11.3. The molecule has 1 spiro atoms. The summed E-state index contributed by atoms with van der Waals surface area (Å²) in [6, 6.07) is 0. The van der Waals surface area contributed by atoms with Crippen molar-refractivity contribution in [3.63, 3.8) is 0 Å². The second kappa shape index (κ2) is 1.50. The molecule has 4 unspecified atom stereocenters. The van der Waals surface area contributed by atoms with Crippen molar-refractivity contribution in [1.29, 1.82) is 0 Å². The molecule has 11 rings (SSSR count). The van der Waals surface area contributed by atoms with Crippen LogP contribution in [-0.2, 0) is 20.8 Å². The molecule has 6 atom stereocenters. The quantitative estimate of drug-likeness (QED) is 0.355. The summed E-state index contributed by atoms with van der Waals surface area (Å²) >= 11 is 0. The van der Waals surface area contributed by atoms with Crippen molar-refractivity contribution in [3.8, 4) is 0 Å². The van der Waals surface area contributed by atoms with E-state index in [0.29, 0.717) is 10.7 Å². The molecule has 152 valence electrons. The van der Waals surface area contributed by atoms with Gasteiger partial charge in [0.25, 0.3) is 0 Å². The minimum atomic E-state index is -3.50. The summed E-state index contributed by atoms with van der Waals surface area (Å²) in [5.74, 6) is -0.00418. The summed E-state index contributed by atoms with van der Waals surface area (Å²) in [6.45, 7) is 6.48. The molecular formula is C23H29FeNO3. The normalized spacial score (nSPS) is 88.6. The van der Waals surface area contributed by atoms with Gasteiger partial charge in [-0.3, -0.25) is 0 Å². The van der Waals surface area contributed by atoms with Crippen LogP contribution in [0.4, 0.5) is 0 Å². The molecule has 0 N–H and O–H groups in total. The molecule has 11 aliphatic heterocycles. The van der Waals surface area contributed by atoms with Gasteiger partial charge in [-0.25, -0.2) is 0 Å². The van der Waals surface area contributed by atoms with Crippen LogP contribution in [0.2, 0.25) is 47.7 Å². The zero-order valence-corrected chi connectivity index (χ0v) is 18.3. The molecule has 0 aromatic heterocycles. The Labute approximate surface area is 155 Å². The fraction of sp³-hybridized carbons (Fsp3) is 0.826. The van der Waals surface area contributed by atoms with Crippen molar-refractivity contribution >= 4 is 11.9 Å². The number of allylic oxidation sites excluding steroid dienone is 1. The van der Waals surface area contributed by atoms with E-state index in [1.165, 1.54) is 33.7 Å². The summed E-state index contributed by atoms with van der Waals surface area (Å²) in [5, 5.41) is 0. The van der Waals surface area contributed by atoms with Gasteiger partial charge in [0.2, 0.25) is 0 Å². The van der Waals surface area contributed by atoms with E-state index in [2.05, 4.69) is 0 Å². The number of ether oxygens (including phenoxy) is 1. The first kappa shape index (κ1) is 13.5. The van der Waals surface area contributed by atoms with Crippen molar-refractivity contribution < 1.29 is 20.8 Å². The molecule has 0 aromatic rings. The maximum absolute atomic E-state index is 13.8. The summed E-state index contributed by atoms with van der Waals surface area (Å²) in [4.78, 5) is 39.4. The van der Waals surface area contributed by atoms with E-state index in [1.54, 1.807) is 0 Å². The number of fused-ring (bicyclic) bond motifs is 10. The van der Waals surface area contributed by atoms with Gasteiger partial charge >= 0.3 is 156 Å². The Hall–Kier alpha value is -0.801. The molecule has 11 aliphatic rings. The van der Waals surface area contributed by atoms with E-state index >= 15 is 0 Å². The third kappa shape index (κ3) is 0.230. The number of hydrogen-bond acceptors (Lipinski definition) is 3. The zero-order valence-electron chi connectivity index (χ0n) is 17.2. The van der Waals surface area contributed by atoms with Crippen molar-refractivity contribution in [3.05, 3.63) is 12.2 Å². The molecule has 4 nitrogen and oxygen atoms in total. The second-order valence-electron chi connectivity index (χ2n) is 15.5. The Bertz CT molecular complexity index is 1340. The van der Waals surface area contributed by atoms with Crippen LogP contribution in [0, 0.1) is 5.41 Å². The van der Waals surface area contributed by atoms with Crippen LogP contribution in [0.1, 0.15) is 41.0 Å². The fourth-order valence-electron chi connectivity index (χ4n) is 19.2. The monoisotopic (exact) mass is 423 g/mol. The predicted molar refractivity (Wildman–Crippen MR) is 100 cm³/mol. The van der Waals surface area contributed by atoms with Gasteiger partial charge in [0.15, 0.2) is 0 Å². The third-order valence-corrected chi connectivity index (χ3v) is 60.8. The van der Waals surface area contributed by atoms with Gasteiger partial charge in [0, 0.05) is 0 Å². The predicted octanol–water partition coefficient (Wildman–Crippen LogP) is 5.23. The summed E-state index contributed by atoms with van der Waals surface area (Å²) < 4.78 is 6.76. The molecule has 11 saturated heterocycles. The second-order valence-corrected chi connectivity index (χ2v) is 39.1. The Kier molecular flexibility index (Phi) is 0.724. The van der Waals surface area contributed by atoms with Crippen molar-refractivity contribution in [2.24, 2.45) is 5.41 Å². The summed E-state index contributed by atoms with van der Waals surface area (Å²) in [6.07, 6.45) is 4.42. The van der Waals surface area contributed by atoms with Crippen LogP contribution < -0.4 is 0 Å². The first-order valence-corrected chi connectivity index (χ1v) is 17.6. The molecule has 0 bridgehead atoms. The van der Waals surface area contributed by atoms with Gasteiger partial charge in [-0.1, -0.05) is 0 Å². The van der Waals surface area contributed by atoms with Gasteiger partial charge in [0.1, 0.15) is 0 Å². The van der Waals surface area contributed by atoms with E-state index in [1.807, 2.05) is 51.7 Å². The van der Waals surface area contributed by atoms with E-state index in [4.69, 9.17) is 4.74 Å². The topological polar surface area (TPSA) is 46.6 Å². The number of carbonyl (C=O) groups excluding carboxylic acids is 2. The molecule has 0 aliphatic carbocycles. The van der Waals surface area contributed by atoms with Crippen molar-refractivity contribution in [2.75, 3.05) is 0 Å². The van der Waals surface area contributed by atoms with Crippen LogP contribution in [0.25, 0.3) is 0 Å². The standard InChI is InChI=1S/C18H24NO3.C5H5.Fe/c1-6-7-12-18(5)16(21)22-14(13-10-8-9-11-13)19(18)15(20)17(2,3)4;1-2-4-5-3-1;/h6-11,14H,12H2,1-5H3;1-5H;/t14-,18+;;/m0../s1. The Morgan fingerprint density at radius 2 is 1.64 bits per heavy atom. The minimum absolute atomic E-state index is 0.131. The Balaban J connectivity index is 1.18. The molecule has 0 radical (unpaired) electrons. The molecule has 11 fully saturated rings. The van der Waals surface area contributed by atoms with Crippen LogP contribution in [0.5, 0.6) is 0 Å². The molecule has 0 aromatic carbocycles. The van der Waals surface area contributed by atoms with E-state index < -0.39 is 17.5 Å².